The number of hydrogen-bond acceptors (Lipinski definition) is 6. The Kier molecular flexibility index (Phi) is 5.55. The Labute approximate surface area is 179 Å². The van der Waals surface area contributed by atoms with E-state index >= 15 is 0 Å². The molecular formula is C23H23N3O3S. The first kappa shape index (κ1) is 20.1. The van der Waals surface area contributed by atoms with Crippen molar-refractivity contribution in [2.45, 2.75) is 13.8 Å². The summed E-state index contributed by atoms with van der Waals surface area (Å²) in [5.74, 6) is -0.384. The lowest BCUT2D eigenvalue weighted by Gasteiger charge is -2.37. The molecule has 0 bridgehead atoms. The van der Waals surface area contributed by atoms with Crippen LogP contribution in [0.3, 0.4) is 0 Å². The van der Waals surface area contributed by atoms with Crippen LogP contribution in [0.2, 0.25) is 0 Å². The highest BCUT2D eigenvalue weighted by Crippen LogP contribution is 2.30. The van der Waals surface area contributed by atoms with E-state index in [0.717, 1.165) is 29.3 Å². The Morgan fingerprint density at radius 1 is 1.00 bits per heavy atom. The number of anilines is 2. The highest BCUT2D eigenvalue weighted by atomic mass is 32.1. The molecule has 0 spiro atoms. The average molecular weight is 422 g/mol. The Morgan fingerprint density at radius 2 is 1.67 bits per heavy atom. The Balaban J connectivity index is 1.54. The third-order valence-corrected chi connectivity index (χ3v) is 6.38. The molecule has 0 aliphatic carbocycles. The van der Waals surface area contributed by atoms with Crippen LogP contribution in [-0.4, -0.2) is 48.0 Å². The second kappa shape index (κ2) is 8.28. The van der Waals surface area contributed by atoms with Crippen LogP contribution in [0.15, 0.2) is 47.8 Å². The molecule has 0 amide bonds. The number of aromatic nitrogens is 1. The van der Waals surface area contributed by atoms with Gasteiger partial charge in [-0.25, -0.2) is 9.78 Å². The predicted molar refractivity (Wildman–Crippen MR) is 120 cm³/mol. The molecule has 1 saturated heterocycles. The van der Waals surface area contributed by atoms with Crippen LogP contribution in [0, 0.1) is 6.92 Å². The maximum Gasteiger partial charge on any atom is 0.339 e. The number of carbonyl (C=O) groups excluding carboxylic acids is 1. The first-order valence-corrected chi connectivity index (χ1v) is 10.7. The van der Waals surface area contributed by atoms with E-state index in [0.29, 0.717) is 24.5 Å². The maximum absolute atomic E-state index is 11.8. The molecule has 6 nitrogen and oxygen atoms in total. The number of hydrogen-bond donors (Lipinski definition) is 1. The summed E-state index contributed by atoms with van der Waals surface area (Å²) in [5.41, 5.74) is 3.97. The number of benzene rings is 1. The largest absolute Gasteiger partial charge is 0.478 e. The SMILES string of the molecule is CC(=O)c1ccc(N2CCN(c3nc(-c4cc(C)cs4)ccc3C(=O)O)CC2)cc1. The molecule has 0 atom stereocenters. The Morgan fingerprint density at radius 3 is 2.23 bits per heavy atom. The summed E-state index contributed by atoms with van der Waals surface area (Å²) >= 11 is 1.61. The van der Waals surface area contributed by atoms with Gasteiger partial charge in [0.15, 0.2) is 5.78 Å². The van der Waals surface area contributed by atoms with E-state index in [1.54, 1.807) is 30.4 Å². The highest BCUT2D eigenvalue weighted by Gasteiger charge is 2.24. The van der Waals surface area contributed by atoms with Crippen LogP contribution in [0.1, 0.15) is 33.2 Å². The lowest BCUT2D eigenvalue weighted by Crippen LogP contribution is -2.47. The van der Waals surface area contributed by atoms with Crippen LogP contribution in [-0.2, 0) is 0 Å². The molecule has 7 heteroatoms. The molecule has 3 heterocycles. The van der Waals surface area contributed by atoms with Crippen molar-refractivity contribution in [2.24, 2.45) is 0 Å². The van der Waals surface area contributed by atoms with Crippen molar-refractivity contribution >= 4 is 34.6 Å². The summed E-state index contributed by atoms with van der Waals surface area (Å²) in [6.45, 7) is 6.45. The normalized spacial score (nSPS) is 14.1. The number of piperazine rings is 1. The molecule has 1 fully saturated rings. The quantitative estimate of drug-likeness (QED) is 0.618. The molecule has 0 unspecified atom stereocenters. The number of ketones is 1. The molecule has 30 heavy (non-hydrogen) atoms. The van der Waals surface area contributed by atoms with Crippen molar-refractivity contribution in [3.63, 3.8) is 0 Å². The number of pyridine rings is 1. The van der Waals surface area contributed by atoms with Crippen molar-refractivity contribution in [2.75, 3.05) is 36.0 Å². The average Bonchev–Trinajstić information content (AvgIpc) is 3.20. The minimum absolute atomic E-state index is 0.0551. The molecule has 1 N–H and O–H groups in total. The minimum atomic E-state index is -0.964. The first-order chi connectivity index (χ1) is 14.4. The van der Waals surface area contributed by atoms with Gasteiger partial charge in [0.2, 0.25) is 0 Å². The van der Waals surface area contributed by atoms with Gasteiger partial charge >= 0.3 is 5.97 Å². The van der Waals surface area contributed by atoms with E-state index in [9.17, 15) is 14.7 Å². The number of aryl methyl sites for hydroxylation is 1. The fraction of sp³-hybridized carbons (Fsp3) is 0.261. The minimum Gasteiger partial charge on any atom is -0.478 e. The van der Waals surface area contributed by atoms with Crippen molar-refractivity contribution in [3.8, 4) is 10.6 Å². The summed E-state index contributed by atoms with van der Waals surface area (Å²) in [6.07, 6.45) is 0. The number of aromatic carboxylic acids is 1. The maximum atomic E-state index is 11.8. The lowest BCUT2D eigenvalue weighted by atomic mass is 10.1. The predicted octanol–water partition coefficient (Wildman–Crippen LogP) is 4.35. The molecule has 154 valence electrons. The molecule has 2 aromatic heterocycles. The summed E-state index contributed by atoms with van der Waals surface area (Å²) in [7, 11) is 0. The van der Waals surface area contributed by atoms with Crippen molar-refractivity contribution in [1.29, 1.82) is 0 Å². The van der Waals surface area contributed by atoms with Gasteiger partial charge in [0.25, 0.3) is 0 Å². The molecule has 4 rings (SSSR count). The number of carbonyl (C=O) groups is 2. The number of thiophene rings is 1. The zero-order valence-electron chi connectivity index (χ0n) is 17.0. The third kappa shape index (κ3) is 4.07. The van der Waals surface area contributed by atoms with Crippen LogP contribution in [0.4, 0.5) is 11.5 Å². The molecule has 1 aliphatic rings. The number of carboxylic acids is 1. The van der Waals surface area contributed by atoms with Crippen molar-refractivity contribution in [1.82, 2.24) is 4.98 Å². The summed E-state index contributed by atoms with van der Waals surface area (Å²) in [6, 6.07) is 13.1. The van der Waals surface area contributed by atoms with Crippen LogP contribution >= 0.6 is 11.3 Å². The second-order valence-corrected chi connectivity index (χ2v) is 8.35. The van der Waals surface area contributed by atoms with Gasteiger partial charge in [-0.3, -0.25) is 4.79 Å². The Bertz CT molecular complexity index is 1080. The molecule has 0 saturated carbocycles. The number of nitrogens with zero attached hydrogens (tertiary/aromatic N) is 3. The summed E-state index contributed by atoms with van der Waals surface area (Å²) < 4.78 is 0. The lowest BCUT2D eigenvalue weighted by molar-refractivity contribution is 0.0697. The van der Waals surface area contributed by atoms with Gasteiger partial charge in [-0.15, -0.1) is 11.3 Å². The van der Waals surface area contributed by atoms with Crippen LogP contribution in [0.25, 0.3) is 10.6 Å². The highest BCUT2D eigenvalue weighted by molar-refractivity contribution is 7.13. The zero-order chi connectivity index (χ0) is 21.3. The second-order valence-electron chi connectivity index (χ2n) is 7.44. The van der Waals surface area contributed by atoms with E-state index < -0.39 is 5.97 Å². The molecular weight excluding hydrogens is 398 g/mol. The van der Waals surface area contributed by atoms with Gasteiger partial charge in [-0.2, -0.15) is 0 Å². The molecule has 0 radical (unpaired) electrons. The van der Waals surface area contributed by atoms with Crippen molar-refractivity contribution < 1.29 is 14.7 Å². The van der Waals surface area contributed by atoms with E-state index in [1.807, 2.05) is 36.1 Å². The van der Waals surface area contributed by atoms with E-state index in [2.05, 4.69) is 16.3 Å². The zero-order valence-corrected chi connectivity index (χ0v) is 17.8. The fourth-order valence-corrected chi connectivity index (χ4v) is 4.51. The van der Waals surface area contributed by atoms with Gasteiger partial charge in [0, 0.05) is 37.4 Å². The molecule has 1 aromatic carbocycles. The van der Waals surface area contributed by atoms with Crippen LogP contribution in [0.5, 0.6) is 0 Å². The fourth-order valence-electron chi connectivity index (χ4n) is 3.64. The Hall–Kier alpha value is -3.19. The topological polar surface area (TPSA) is 73.7 Å². The van der Waals surface area contributed by atoms with Gasteiger partial charge in [0.1, 0.15) is 11.4 Å². The van der Waals surface area contributed by atoms with Gasteiger partial charge < -0.3 is 14.9 Å². The van der Waals surface area contributed by atoms with Crippen LogP contribution < -0.4 is 9.80 Å². The molecule has 1 aliphatic heterocycles. The first-order valence-electron chi connectivity index (χ1n) is 9.83. The number of Topliss-reactive ketones (excluding diaryl/α,β-unsaturated/α-hetero) is 1. The molecule has 3 aromatic rings. The number of rotatable bonds is 5. The third-order valence-electron chi connectivity index (χ3n) is 5.31. The smallest absolute Gasteiger partial charge is 0.339 e. The number of carboxylic acid groups (broad SMARTS) is 1. The standard InChI is InChI=1S/C23H23N3O3S/c1-15-13-21(30-14-15)20-8-7-19(23(28)29)22(24-20)26-11-9-25(10-12-26)18-5-3-17(4-6-18)16(2)27/h3-8,13-14H,9-12H2,1-2H3,(H,28,29). The van der Waals surface area contributed by atoms with Gasteiger partial charge in [-0.05, 0) is 67.3 Å². The van der Waals surface area contributed by atoms with E-state index in [4.69, 9.17) is 4.98 Å². The monoisotopic (exact) mass is 421 g/mol. The van der Waals surface area contributed by atoms with Gasteiger partial charge in [-0.1, -0.05) is 0 Å². The summed E-state index contributed by atoms with van der Waals surface area (Å²) in [4.78, 5) is 33.3. The summed E-state index contributed by atoms with van der Waals surface area (Å²) in [5, 5.41) is 11.7. The van der Waals surface area contributed by atoms with E-state index in [1.165, 1.54) is 5.56 Å². The van der Waals surface area contributed by atoms with E-state index in [-0.39, 0.29) is 11.3 Å². The van der Waals surface area contributed by atoms with Crippen molar-refractivity contribution in [3.05, 3.63) is 64.5 Å². The van der Waals surface area contributed by atoms with Gasteiger partial charge in [0.05, 0.1) is 10.6 Å².